The van der Waals surface area contributed by atoms with Crippen LogP contribution in [0.5, 0.6) is 0 Å². The van der Waals surface area contributed by atoms with Gasteiger partial charge in [0.1, 0.15) is 17.8 Å². The highest BCUT2D eigenvalue weighted by atomic mass is 19.4. The van der Waals surface area contributed by atoms with Crippen LogP contribution >= 0.6 is 0 Å². The van der Waals surface area contributed by atoms with Crippen molar-refractivity contribution in [3.63, 3.8) is 0 Å². The van der Waals surface area contributed by atoms with Crippen molar-refractivity contribution in [2.24, 2.45) is 0 Å². The topological polar surface area (TPSA) is 70.2 Å². The minimum absolute atomic E-state index is 0.0804. The van der Waals surface area contributed by atoms with Crippen LogP contribution in [-0.4, -0.2) is 48.0 Å². The van der Waals surface area contributed by atoms with Crippen molar-refractivity contribution in [1.29, 1.82) is 0 Å². The molecule has 1 heterocycles. The van der Waals surface area contributed by atoms with Crippen molar-refractivity contribution in [3.8, 4) is 0 Å². The number of hydrogen-bond acceptors (Lipinski definition) is 5. The van der Waals surface area contributed by atoms with Gasteiger partial charge in [0.25, 0.3) is 5.91 Å². The Morgan fingerprint density at radius 1 is 1.19 bits per heavy atom. The van der Waals surface area contributed by atoms with Gasteiger partial charge in [-0.25, -0.2) is 9.97 Å². The summed E-state index contributed by atoms with van der Waals surface area (Å²) in [6.07, 6.45) is -2.59. The zero-order chi connectivity index (χ0) is 19.2. The standard InChI is InChI=1S/C17H20F3N5O/c1-25(2)9-5-8-21-16(26)14-10-15(23-11-22-14)24-13-7-4-3-6-12(13)17(18,19)20/h3-4,6-7,10-11H,5,8-9H2,1-2H3,(H,21,26)(H,22,23,24). The lowest BCUT2D eigenvalue weighted by Gasteiger charge is -2.14. The van der Waals surface area contributed by atoms with Crippen LogP contribution in [0.25, 0.3) is 0 Å². The van der Waals surface area contributed by atoms with E-state index in [-0.39, 0.29) is 17.2 Å². The number of nitrogens with one attached hydrogen (secondary N) is 2. The number of carbonyl (C=O) groups is 1. The molecule has 2 rings (SSSR count). The van der Waals surface area contributed by atoms with E-state index in [2.05, 4.69) is 20.6 Å². The maximum Gasteiger partial charge on any atom is 0.418 e. The number of benzene rings is 1. The Bertz CT molecular complexity index is 749. The first-order valence-corrected chi connectivity index (χ1v) is 7.95. The Morgan fingerprint density at radius 3 is 2.62 bits per heavy atom. The number of anilines is 2. The summed E-state index contributed by atoms with van der Waals surface area (Å²) in [4.78, 5) is 21.8. The number of rotatable bonds is 7. The Labute approximate surface area is 149 Å². The second-order valence-corrected chi connectivity index (χ2v) is 5.87. The average Bonchev–Trinajstić information content (AvgIpc) is 2.58. The normalized spacial score (nSPS) is 11.5. The van der Waals surface area contributed by atoms with E-state index in [1.807, 2.05) is 19.0 Å². The molecule has 0 spiro atoms. The molecule has 140 valence electrons. The zero-order valence-electron chi connectivity index (χ0n) is 14.5. The number of halogens is 3. The Balaban J connectivity index is 2.07. The molecule has 0 aliphatic carbocycles. The predicted molar refractivity (Wildman–Crippen MR) is 92.3 cm³/mol. The van der Waals surface area contributed by atoms with Crippen LogP contribution < -0.4 is 10.6 Å². The third kappa shape index (κ3) is 5.69. The van der Waals surface area contributed by atoms with Crippen molar-refractivity contribution in [2.45, 2.75) is 12.6 Å². The minimum Gasteiger partial charge on any atom is -0.351 e. The maximum absolute atomic E-state index is 13.0. The maximum atomic E-state index is 13.0. The molecule has 0 saturated carbocycles. The monoisotopic (exact) mass is 367 g/mol. The lowest BCUT2D eigenvalue weighted by Crippen LogP contribution is -2.27. The van der Waals surface area contributed by atoms with E-state index >= 15 is 0 Å². The Kier molecular flexibility index (Phi) is 6.51. The van der Waals surface area contributed by atoms with Gasteiger partial charge in [-0.1, -0.05) is 12.1 Å². The van der Waals surface area contributed by atoms with Crippen molar-refractivity contribution >= 4 is 17.4 Å². The molecule has 1 amide bonds. The summed E-state index contributed by atoms with van der Waals surface area (Å²) >= 11 is 0. The highest BCUT2D eigenvalue weighted by molar-refractivity contribution is 5.92. The second-order valence-electron chi connectivity index (χ2n) is 5.87. The van der Waals surface area contributed by atoms with Gasteiger partial charge in [-0.05, 0) is 39.2 Å². The van der Waals surface area contributed by atoms with Gasteiger partial charge in [0.2, 0.25) is 0 Å². The van der Waals surface area contributed by atoms with Gasteiger partial charge in [-0.2, -0.15) is 13.2 Å². The number of amides is 1. The molecule has 0 unspecified atom stereocenters. The summed E-state index contributed by atoms with van der Waals surface area (Å²) in [5.74, 6) is -0.298. The van der Waals surface area contributed by atoms with Gasteiger partial charge in [0, 0.05) is 12.6 Å². The third-order valence-corrected chi connectivity index (χ3v) is 3.46. The van der Waals surface area contributed by atoms with E-state index < -0.39 is 17.6 Å². The third-order valence-electron chi connectivity index (χ3n) is 3.46. The summed E-state index contributed by atoms with van der Waals surface area (Å²) in [5.41, 5.74) is -0.874. The van der Waals surface area contributed by atoms with Gasteiger partial charge >= 0.3 is 6.18 Å². The molecule has 0 bridgehead atoms. The van der Waals surface area contributed by atoms with Gasteiger partial charge < -0.3 is 15.5 Å². The van der Waals surface area contributed by atoms with Gasteiger partial charge in [-0.15, -0.1) is 0 Å². The smallest absolute Gasteiger partial charge is 0.351 e. The van der Waals surface area contributed by atoms with Crippen LogP contribution in [0.2, 0.25) is 0 Å². The van der Waals surface area contributed by atoms with Crippen LogP contribution in [-0.2, 0) is 6.18 Å². The van der Waals surface area contributed by atoms with Gasteiger partial charge in [-0.3, -0.25) is 4.79 Å². The molecule has 0 fully saturated rings. The number of hydrogen-bond donors (Lipinski definition) is 2. The molecule has 0 saturated heterocycles. The highest BCUT2D eigenvalue weighted by Gasteiger charge is 2.33. The zero-order valence-corrected chi connectivity index (χ0v) is 14.5. The van der Waals surface area contributed by atoms with E-state index in [1.165, 1.54) is 24.3 Å². The molecule has 0 radical (unpaired) electrons. The van der Waals surface area contributed by atoms with E-state index in [9.17, 15) is 18.0 Å². The number of para-hydroxylation sites is 1. The molecule has 0 aliphatic rings. The van der Waals surface area contributed by atoms with Crippen LogP contribution in [0, 0.1) is 0 Å². The molecule has 1 aromatic heterocycles. The lowest BCUT2D eigenvalue weighted by atomic mass is 10.1. The highest BCUT2D eigenvalue weighted by Crippen LogP contribution is 2.35. The summed E-state index contributed by atoms with van der Waals surface area (Å²) in [7, 11) is 3.87. The minimum atomic E-state index is -4.50. The number of alkyl halides is 3. The fourth-order valence-corrected chi connectivity index (χ4v) is 2.21. The van der Waals surface area contributed by atoms with Crippen molar-refractivity contribution in [1.82, 2.24) is 20.2 Å². The molecular formula is C17H20F3N5O. The number of carbonyl (C=O) groups excluding carboxylic acids is 1. The fourth-order valence-electron chi connectivity index (χ4n) is 2.21. The van der Waals surface area contributed by atoms with Crippen LogP contribution in [0.4, 0.5) is 24.7 Å². The number of nitrogens with zero attached hydrogens (tertiary/aromatic N) is 3. The Hall–Kier alpha value is -2.68. The van der Waals surface area contributed by atoms with Crippen molar-refractivity contribution in [3.05, 3.63) is 47.9 Å². The fraction of sp³-hybridized carbons (Fsp3) is 0.353. The molecule has 0 atom stereocenters. The van der Waals surface area contributed by atoms with Crippen LogP contribution in [0.1, 0.15) is 22.5 Å². The van der Waals surface area contributed by atoms with Gasteiger partial charge in [0.15, 0.2) is 0 Å². The van der Waals surface area contributed by atoms with E-state index in [1.54, 1.807) is 0 Å². The lowest BCUT2D eigenvalue weighted by molar-refractivity contribution is -0.136. The van der Waals surface area contributed by atoms with Crippen LogP contribution in [0.15, 0.2) is 36.7 Å². The SMILES string of the molecule is CN(C)CCCNC(=O)c1cc(Nc2ccccc2C(F)(F)F)ncn1. The van der Waals surface area contributed by atoms with Crippen LogP contribution in [0.3, 0.4) is 0 Å². The van der Waals surface area contributed by atoms with Gasteiger partial charge in [0.05, 0.1) is 11.3 Å². The van der Waals surface area contributed by atoms with E-state index in [0.717, 1.165) is 25.4 Å². The van der Waals surface area contributed by atoms with E-state index in [4.69, 9.17) is 0 Å². The predicted octanol–water partition coefficient (Wildman–Crippen LogP) is 2.92. The molecular weight excluding hydrogens is 347 g/mol. The largest absolute Gasteiger partial charge is 0.418 e. The van der Waals surface area contributed by atoms with E-state index in [0.29, 0.717) is 6.54 Å². The first-order valence-electron chi connectivity index (χ1n) is 7.95. The average molecular weight is 367 g/mol. The van der Waals surface area contributed by atoms with Crippen molar-refractivity contribution in [2.75, 3.05) is 32.5 Å². The molecule has 0 aliphatic heterocycles. The molecule has 2 aromatic rings. The first-order chi connectivity index (χ1) is 12.3. The summed E-state index contributed by atoms with van der Waals surface area (Å²) < 4.78 is 39.1. The van der Waals surface area contributed by atoms with Crippen molar-refractivity contribution < 1.29 is 18.0 Å². The molecule has 2 N–H and O–H groups in total. The summed E-state index contributed by atoms with van der Waals surface area (Å²) in [5, 5.41) is 5.32. The molecule has 26 heavy (non-hydrogen) atoms. The second kappa shape index (κ2) is 8.61. The molecule has 1 aromatic carbocycles. The summed E-state index contributed by atoms with van der Waals surface area (Å²) in [6.45, 7) is 1.30. The summed E-state index contributed by atoms with van der Waals surface area (Å²) in [6, 6.07) is 6.37. The molecule has 6 nitrogen and oxygen atoms in total. The first kappa shape index (κ1) is 19.6. The number of aromatic nitrogens is 2. The Morgan fingerprint density at radius 2 is 1.92 bits per heavy atom. The molecule has 9 heteroatoms. The quantitative estimate of drug-likeness (QED) is 0.737.